The standard InChI is InChI=1S/C25H28Cl2N4O4/c1-34-22-11-15(26)7-9-18(22)21-13-19(25(33)29-17-5-3-2-4-6-17)30-31(21)20-10-8-16(27)12-23(20)35-14-24(28)32/h7-12,17,21H,2-6,13-14H2,1H3,(H2,28,32)(H,29,33). The van der Waals surface area contributed by atoms with Crippen molar-refractivity contribution in [1.29, 1.82) is 0 Å². The zero-order valence-electron chi connectivity index (χ0n) is 19.4. The summed E-state index contributed by atoms with van der Waals surface area (Å²) < 4.78 is 11.2. The maximum absolute atomic E-state index is 13.2. The van der Waals surface area contributed by atoms with E-state index in [1.54, 1.807) is 42.5 Å². The number of nitrogens with two attached hydrogens (primary N) is 1. The van der Waals surface area contributed by atoms with Crippen molar-refractivity contribution < 1.29 is 19.1 Å². The van der Waals surface area contributed by atoms with Gasteiger partial charge < -0.3 is 20.5 Å². The number of benzene rings is 2. The lowest BCUT2D eigenvalue weighted by Gasteiger charge is -2.27. The molecule has 0 spiro atoms. The summed E-state index contributed by atoms with van der Waals surface area (Å²) in [4.78, 5) is 24.6. The second-order valence-corrected chi connectivity index (χ2v) is 9.55. The third-order valence-electron chi connectivity index (χ3n) is 6.21. The van der Waals surface area contributed by atoms with Gasteiger partial charge in [0.1, 0.15) is 22.9 Å². The van der Waals surface area contributed by atoms with Crippen LogP contribution in [0.5, 0.6) is 11.5 Å². The Morgan fingerprint density at radius 3 is 2.46 bits per heavy atom. The molecular formula is C25H28Cl2N4O4. The molecule has 4 rings (SSSR count). The summed E-state index contributed by atoms with van der Waals surface area (Å²) in [5.74, 6) is 0.0901. The van der Waals surface area contributed by atoms with E-state index in [0.717, 1.165) is 31.2 Å². The van der Waals surface area contributed by atoms with Crippen molar-refractivity contribution >= 4 is 46.4 Å². The maximum Gasteiger partial charge on any atom is 0.267 e. The van der Waals surface area contributed by atoms with E-state index < -0.39 is 5.91 Å². The van der Waals surface area contributed by atoms with Crippen LogP contribution in [0.3, 0.4) is 0 Å². The molecule has 35 heavy (non-hydrogen) atoms. The summed E-state index contributed by atoms with van der Waals surface area (Å²) in [7, 11) is 1.57. The average Bonchev–Trinajstić information content (AvgIpc) is 3.28. The summed E-state index contributed by atoms with van der Waals surface area (Å²) in [5.41, 5.74) is 7.02. The molecule has 1 heterocycles. The number of ether oxygens (including phenoxy) is 2. The van der Waals surface area contributed by atoms with E-state index in [2.05, 4.69) is 5.32 Å². The smallest absolute Gasteiger partial charge is 0.267 e. The molecule has 8 nitrogen and oxygen atoms in total. The second kappa shape index (κ2) is 11.2. The number of hydrogen-bond acceptors (Lipinski definition) is 6. The largest absolute Gasteiger partial charge is 0.496 e. The number of anilines is 1. The number of carbonyl (C=O) groups is 2. The SMILES string of the molecule is COc1cc(Cl)ccc1C1CC(C(=O)NC2CCCCC2)=NN1c1ccc(Cl)cc1OCC(N)=O. The van der Waals surface area contributed by atoms with Crippen molar-refractivity contribution in [3.63, 3.8) is 0 Å². The van der Waals surface area contributed by atoms with Crippen LogP contribution in [0, 0.1) is 0 Å². The Hall–Kier alpha value is -2.97. The summed E-state index contributed by atoms with van der Waals surface area (Å²) in [6, 6.07) is 10.1. The number of halogens is 2. The predicted molar refractivity (Wildman–Crippen MR) is 136 cm³/mol. The lowest BCUT2D eigenvalue weighted by atomic mass is 9.95. The van der Waals surface area contributed by atoms with Crippen molar-refractivity contribution in [3.05, 3.63) is 52.0 Å². The molecule has 1 fully saturated rings. The van der Waals surface area contributed by atoms with Crippen molar-refractivity contribution in [2.45, 2.75) is 50.6 Å². The molecule has 1 unspecified atom stereocenters. The summed E-state index contributed by atoms with van der Waals surface area (Å²) in [5, 5.41) is 10.5. The number of nitrogens with zero attached hydrogens (tertiary/aromatic N) is 2. The molecule has 3 N–H and O–H groups in total. The molecule has 1 aliphatic heterocycles. The van der Waals surface area contributed by atoms with Crippen LogP contribution in [0.2, 0.25) is 10.0 Å². The van der Waals surface area contributed by atoms with Gasteiger partial charge >= 0.3 is 0 Å². The summed E-state index contributed by atoms with van der Waals surface area (Å²) >= 11 is 12.4. The van der Waals surface area contributed by atoms with E-state index in [0.29, 0.717) is 39.4 Å². The van der Waals surface area contributed by atoms with Gasteiger partial charge in [-0.1, -0.05) is 48.5 Å². The number of nitrogens with one attached hydrogen (secondary N) is 1. The molecule has 1 atom stereocenters. The van der Waals surface area contributed by atoms with Crippen LogP contribution in [0.25, 0.3) is 0 Å². The van der Waals surface area contributed by atoms with Gasteiger partial charge in [-0.05, 0) is 37.1 Å². The van der Waals surface area contributed by atoms with Gasteiger partial charge in [0, 0.05) is 34.1 Å². The molecule has 2 aromatic rings. The number of rotatable bonds is 8. The molecule has 2 aromatic carbocycles. The highest BCUT2D eigenvalue weighted by atomic mass is 35.5. The molecule has 0 saturated heterocycles. The molecule has 186 valence electrons. The zero-order chi connectivity index (χ0) is 24.9. The Balaban J connectivity index is 1.71. The average molecular weight is 519 g/mol. The first-order valence-electron chi connectivity index (χ1n) is 11.6. The van der Waals surface area contributed by atoms with Crippen LogP contribution in [0.4, 0.5) is 5.69 Å². The normalized spacial score (nSPS) is 18.2. The fourth-order valence-corrected chi connectivity index (χ4v) is 4.85. The van der Waals surface area contributed by atoms with Crippen LogP contribution >= 0.6 is 23.2 Å². The van der Waals surface area contributed by atoms with Crippen molar-refractivity contribution in [1.82, 2.24) is 5.32 Å². The van der Waals surface area contributed by atoms with Crippen molar-refractivity contribution in [2.24, 2.45) is 10.8 Å². The third kappa shape index (κ3) is 6.00. The fourth-order valence-electron chi connectivity index (χ4n) is 4.53. The third-order valence-corrected chi connectivity index (χ3v) is 6.68. The highest BCUT2D eigenvalue weighted by Crippen LogP contribution is 2.44. The Labute approximate surface area is 214 Å². The number of primary amides is 1. The monoisotopic (exact) mass is 518 g/mol. The van der Waals surface area contributed by atoms with Gasteiger partial charge in [-0.2, -0.15) is 5.10 Å². The first kappa shape index (κ1) is 25.1. The quantitative estimate of drug-likeness (QED) is 0.530. The van der Waals surface area contributed by atoms with Gasteiger partial charge in [-0.25, -0.2) is 0 Å². The van der Waals surface area contributed by atoms with E-state index in [1.807, 2.05) is 6.07 Å². The van der Waals surface area contributed by atoms with Gasteiger partial charge in [-0.15, -0.1) is 0 Å². The molecule has 1 saturated carbocycles. The van der Waals surface area contributed by atoms with Crippen LogP contribution in [-0.2, 0) is 9.59 Å². The molecule has 2 amide bonds. The summed E-state index contributed by atoms with van der Waals surface area (Å²) in [6.07, 6.45) is 5.70. The van der Waals surface area contributed by atoms with Gasteiger partial charge in [-0.3, -0.25) is 14.6 Å². The molecule has 0 aromatic heterocycles. The van der Waals surface area contributed by atoms with Gasteiger partial charge in [0.05, 0.1) is 13.2 Å². The number of carbonyl (C=O) groups excluding carboxylic acids is 2. The van der Waals surface area contributed by atoms with Crippen LogP contribution in [-0.4, -0.2) is 37.3 Å². The lowest BCUT2D eigenvalue weighted by molar-refractivity contribution is -0.120. The first-order chi connectivity index (χ1) is 16.9. The zero-order valence-corrected chi connectivity index (χ0v) is 20.9. The van der Waals surface area contributed by atoms with Crippen LogP contribution in [0.15, 0.2) is 41.5 Å². The molecule has 2 aliphatic rings. The van der Waals surface area contributed by atoms with E-state index in [9.17, 15) is 9.59 Å². The Morgan fingerprint density at radius 2 is 1.77 bits per heavy atom. The predicted octanol–water partition coefficient (Wildman–Crippen LogP) is 4.62. The van der Waals surface area contributed by atoms with Gasteiger partial charge in [0.25, 0.3) is 11.8 Å². The number of methoxy groups -OCH3 is 1. The maximum atomic E-state index is 13.2. The van der Waals surface area contributed by atoms with E-state index in [-0.39, 0.29) is 24.6 Å². The molecule has 1 aliphatic carbocycles. The second-order valence-electron chi connectivity index (χ2n) is 8.67. The van der Waals surface area contributed by atoms with Crippen LogP contribution in [0.1, 0.15) is 50.1 Å². The molecule has 10 heteroatoms. The summed E-state index contributed by atoms with van der Waals surface area (Å²) in [6.45, 7) is -0.325. The molecule has 0 bridgehead atoms. The number of amides is 2. The van der Waals surface area contributed by atoms with E-state index in [4.69, 9.17) is 43.5 Å². The molecular weight excluding hydrogens is 491 g/mol. The highest BCUT2D eigenvalue weighted by Gasteiger charge is 2.36. The van der Waals surface area contributed by atoms with E-state index in [1.165, 1.54) is 6.42 Å². The van der Waals surface area contributed by atoms with Crippen molar-refractivity contribution in [2.75, 3.05) is 18.7 Å². The fraction of sp³-hybridized carbons (Fsp3) is 0.400. The number of hydrazone groups is 1. The Bertz CT molecular complexity index is 1130. The minimum absolute atomic E-state index is 0.154. The number of hydrogen-bond donors (Lipinski definition) is 2. The minimum atomic E-state index is -0.621. The van der Waals surface area contributed by atoms with Crippen LogP contribution < -0.4 is 25.5 Å². The topological polar surface area (TPSA) is 106 Å². The molecule has 0 radical (unpaired) electrons. The Morgan fingerprint density at radius 1 is 1.09 bits per heavy atom. The highest BCUT2D eigenvalue weighted by molar-refractivity contribution is 6.40. The minimum Gasteiger partial charge on any atom is -0.496 e. The lowest BCUT2D eigenvalue weighted by Crippen LogP contribution is -2.39. The first-order valence-corrected chi connectivity index (χ1v) is 12.3. The Kier molecular flexibility index (Phi) is 8.03. The van der Waals surface area contributed by atoms with Gasteiger partial charge in [0.2, 0.25) is 0 Å². The van der Waals surface area contributed by atoms with Crippen molar-refractivity contribution in [3.8, 4) is 11.5 Å². The van der Waals surface area contributed by atoms with Gasteiger partial charge in [0.15, 0.2) is 6.61 Å². The van der Waals surface area contributed by atoms with E-state index >= 15 is 0 Å².